The maximum atomic E-state index is 10.4. The number of hydrogen-bond donors (Lipinski definition) is 4. The molecule has 6 heteroatoms. The van der Waals surface area contributed by atoms with Crippen LogP contribution in [-0.4, -0.2) is 45.9 Å². The molecule has 0 saturated carbocycles. The number of rotatable bonds is 6. The molecule has 0 aromatic rings. The van der Waals surface area contributed by atoms with Gasteiger partial charge in [0.25, 0.3) is 0 Å². The van der Waals surface area contributed by atoms with Crippen LogP contribution in [0, 0.1) is 0 Å². The minimum Gasteiger partial charge on any atom is -0.481 e. The molecule has 4 N–H and O–H groups in total. The third-order valence-corrected chi connectivity index (χ3v) is 1.34. The van der Waals surface area contributed by atoms with E-state index in [4.69, 9.17) is 15.3 Å². The molecule has 0 aliphatic heterocycles. The average molecular weight is 191 g/mol. The summed E-state index contributed by atoms with van der Waals surface area (Å²) in [5.41, 5.74) is 0. The molecule has 0 fully saturated rings. The lowest BCUT2D eigenvalue weighted by Gasteiger charge is -2.13. The first-order valence-electron chi connectivity index (χ1n) is 3.79. The van der Waals surface area contributed by atoms with E-state index in [1.165, 1.54) is 6.92 Å². The molecule has 0 amide bonds. The number of carboxylic acids is 2. The van der Waals surface area contributed by atoms with Crippen LogP contribution >= 0.6 is 0 Å². The summed E-state index contributed by atoms with van der Waals surface area (Å²) >= 11 is 0. The standard InChI is InChI=1S/C7H13NO5/c1-4(9)3-8-5(7(12)13)2-6(10)11/h4-5,8-9H,2-3H2,1H3,(H,10,11)(H,12,13)/t4-,5-/m0/s1. The van der Waals surface area contributed by atoms with Gasteiger partial charge in [0, 0.05) is 6.54 Å². The molecule has 0 bridgehead atoms. The van der Waals surface area contributed by atoms with Gasteiger partial charge in [0.1, 0.15) is 6.04 Å². The second-order valence-electron chi connectivity index (χ2n) is 2.75. The number of aliphatic hydroxyl groups excluding tert-OH is 1. The van der Waals surface area contributed by atoms with E-state index in [0.717, 1.165) is 0 Å². The molecule has 0 saturated heterocycles. The van der Waals surface area contributed by atoms with Crippen molar-refractivity contribution >= 4 is 11.9 Å². The lowest BCUT2D eigenvalue weighted by molar-refractivity contribution is -0.146. The van der Waals surface area contributed by atoms with E-state index in [1.54, 1.807) is 0 Å². The van der Waals surface area contributed by atoms with Crippen molar-refractivity contribution < 1.29 is 24.9 Å². The van der Waals surface area contributed by atoms with Gasteiger partial charge in [-0.3, -0.25) is 9.59 Å². The fourth-order valence-corrected chi connectivity index (χ4v) is 0.734. The maximum absolute atomic E-state index is 10.4. The number of aliphatic carboxylic acids is 2. The summed E-state index contributed by atoms with van der Waals surface area (Å²) in [5, 5.41) is 28.1. The van der Waals surface area contributed by atoms with Crippen LogP contribution in [0.5, 0.6) is 0 Å². The fourth-order valence-electron chi connectivity index (χ4n) is 0.734. The highest BCUT2D eigenvalue weighted by molar-refractivity contribution is 5.80. The Morgan fingerprint density at radius 2 is 1.92 bits per heavy atom. The Labute approximate surface area is 75.2 Å². The fraction of sp³-hybridized carbons (Fsp3) is 0.714. The molecule has 0 radical (unpaired) electrons. The first kappa shape index (κ1) is 11.9. The summed E-state index contributed by atoms with van der Waals surface area (Å²) in [6.07, 6.45) is -1.20. The second kappa shape index (κ2) is 5.50. The highest BCUT2D eigenvalue weighted by Crippen LogP contribution is 1.92. The topological polar surface area (TPSA) is 107 Å². The third kappa shape index (κ3) is 6.06. The zero-order chi connectivity index (χ0) is 10.4. The van der Waals surface area contributed by atoms with Crippen molar-refractivity contribution in [3.8, 4) is 0 Å². The molecule has 0 spiro atoms. The van der Waals surface area contributed by atoms with E-state index in [1.807, 2.05) is 0 Å². The van der Waals surface area contributed by atoms with Crippen LogP contribution in [0.15, 0.2) is 0 Å². The van der Waals surface area contributed by atoms with Gasteiger partial charge in [-0.05, 0) is 6.92 Å². The first-order valence-corrected chi connectivity index (χ1v) is 3.79. The summed E-state index contributed by atoms with van der Waals surface area (Å²) in [4.78, 5) is 20.6. The van der Waals surface area contributed by atoms with Gasteiger partial charge >= 0.3 is 11.9 Å². The van der Waals surface area contributed by atoms with Crippen molar-refractivity contribution in [3.63, 3.8) is 0 Å². The molecule has 0 aromatic heterocycles. The molecule has 0 aromatic carbocycles. The molecular weight excluding hydrogens is 178 g/mol. The van der Waals surface area contributed by atoms with Gasteiger partial charge in [0.2, 0.25) is 0 Å². The zero-order valence-corrected chi connectivity index (χ0v) is 7.23. The van der Waals surface area contributed by atoms with Crippen LogP contribution < -0.4 is 5.32 Å². The number of hydrogen-bond acceptors (Lipinski definition) is 4. The lowest BCUT2D eigenvalue weighted by atomic mass is 10.2. The predicted octanol–water partition coefficient (Wildman–Crippen LogP) is -1.12. The maximum Gasteiger partial charge on any atom is 0.321 e. The quantitative estimate of drug-likeness (QED) is 0.424. The largest absolute Gasteiger partial charge is 0.481 e. The molecule has 13 heavy (non-hydrogen) atoms. The molecule has 0 heterocycles. The van der Waals surface area contributed by atoms with Crippen LogP contribution in [-0.2, 0) is 9.59 Å². The van der Waals surface area contributed by atoms with Crippen LogP contribution in [0.2, 0.25) is 0 Å². The number of carboxylic acid groups (broad SMARTS) is 2. The van der Waals surface area contributed by atoms with Gasteiger partial charge in [-0.15, -0.1) is 0 Å². The van der Waals surface area contributed by atoms with Crippen LogP contribution in [0.3, 0.4) is 0 Å². The number of carbonyl (C=O) groups is 2. The van der Waals surface area contributed by atoms with Crippen molar-refractivity contribution in [2.45, 2.75) is 25.5 Å². The van der Waals surface area contributed by atoms with Crippen LogP contribution in [0.25, 0.3) is 0 Å². The summed E-state index contributed by atoms with van der Waals surface area (Å²) in [5.74, 6) is -2.42. The molecule has 0 unspecified atom stereocenters. The smallest absolute Gasteiger partial charge is 0.321 e. The van der Waals surface area contributed by atoms with Gasteiger partial charge < -0.3 is 20.6 Å². The third-order valence-electron chi connectivity index (χ3n) is 1.34. The first-order chi connectivity index (χ1) is 5.93. The molecule has 2 atom stereocenters. The SMILES string of the molecule is C[C@H](O)CN[C@@H](CC(=O)O)C(=O)O. The van der Waals surface area contributed by atoms with Crippen molar-refractivity contribution in [1.29, 1.82) is 0 Å². The van der Waals surface area contributed by atoms with E-state index in [0.29, 0.717) is 0 Å². The molecule has 0 aliphatic rings. The molecule has 0 aliphatic carbocycles. The molecular formula is C7H13NO5. The Morgan fingerprint density at radius 1 is 1.38 bits per heavy atom. The van der Waals surface area contributed by atoms with Gasteiger partial charge in [-0.1, -0.05) is 0 Å². The molecule has 76 valence electrons. The Bertz CT molecular complexity index is 191. The van der Waals surface area contributed by atoms with Gasteiger partial charge in [-0.25, -0.2) is 0 Å². The van der Waals surface area contributed by atoms with E-state index in [-0.39, 0.29) is 6.54 Å². The Balaban J connectivity index is 3.95. The molecule has 6 nitrogen and oxygen atoms in total. The van der Waals surface area contributed by atoms with E-state index in [2.05, 4.69) is 5.32 Å². The predicted molar refractivity (Wildman–Crippen MR) is 43.4 cm³/mol. The summed E-state index contributed by atoms with van der Waals surface area (Å²) in [6, 6.07) is -1.15. The zero-order valence-electron chi connectivity index (χ0n) is 7.23. The Kier molecular flexibility index (Phi) is 5.01. The Hall–Kier alpha value is -1.14. The van der Waals surface area contributed by atoms with Gasteiger partial charge in [-0.2, -0.15) is 0 Å². The highest BCUT2D eigenvalue weighted by Gasteiger charge is 2.20. The van der Waals surface area contributed by atoms with E-state index < -0.39 is 30.5 Å². The highest BCUT2D eigenvalue weighted by atomic mass is 16.4. The average Bonchev–Trinajstić information content (AvgIpc) is 1.96. The van der Waals surface area contributed by atoms with Crippen molar-refractivity contribution in [2.75, 3.05) is 6.54 Å². The van der Waals surface area contributed by atoms with Crippen molar-refractivity contribution in [3.05, 3.63) is 0 Å². The van der Waals surface area contributed by atoms with Crippen molar-refractivity contribution in [2.24, 2.45) is 0 Å². The van der Waals surface area contributed by atoms with Crippen LogP contribution in [0.1, 0.15) is 13.3 Å². The van der Waals surface area contributed by atoms with Crippen molar-refractivity contribution in [1.82, 2.24) is 5.32 Å². The summed E-state index contributed by atoms with van der Waals surface area (Å²) < 4.78 is 0. The minimum atomic E-state index is -1.23. The van der Waals surface area contributed by atoms with E-state index >= 15 is 0 Å². The Morgan fingerprint density at radius 3 is 2.23 bits per heavy atom. The normalized spacial score (nSPS) is 14.9. The lowest BCUT2D eigenvalue weighted by Crippen LogP contribution is -2.41. The monoisotopic (exact) mass is 191 g/mol. The van der Waals surface area contributed by atoms with E-state index in [9.17, 15) is 9.59 Å². The summed E-state index contributed by atoms with van der Waals surface area (Å²) in [7, 11) is 0. The van der Waals surface area contributed by atoms with Gasteiger partial charge in [0.15, 0.2) is 0 Å². The second-order valence-corrected chi connectivity index (χ2v) is 2.75. The minimum absolute atomic E-state index is 0.0598. The number of nitrogens with one attached hydrogen (secondary N) is 1. The van der Waals surface area contributed by atoms with Crippen LogP contribution in [0.4, 0.5) is 0 Å². The molecule has 0 rings (SSSR count). The van der Waals surface area contributed by atoms with Gasteiger partial charge in [0.05, 0.1) is 12.5 Å². The number of aliphatic hydroxyl groups is 1. The summed E-state index contributed by atoms with van der Waals surface area (Å²) in [6.45, 7) is 1.54.